The summed E-state index contributed by atoms with van der Waals surface area (Å²) in [6.07, 6.45) is 3.73. The first kappa shape index (κ1) is 19.3. The lowest BCUT2D eigenvalue weighted by Crippen LogP contribution is -2.44. The summed E-state index contributed by atoms with van der Waals surface area (Å²) in [5, 5.41) is 14.8. The zero-order valence-electron chi connectivity index (χ0n) is 14.3. The van der Waals surface area contributed by atoms with E-state index in [-0.39, 0.29) is 24.4 Å². The monoisotopic (exact) mass is 364 g/mol. The van der Waals surface area contributed by atoms with E-state index in [1.807, 2.05) is 37.3 Å². The summed E-state index contributed by atoms with van der Waals surface area (Å²) in [7, 11) is 0. The minimum atomic E-state index is -0.457. The van der Waals surface area contributed by atoms with Crippen LogP contribution in [0.4, 0.5) is 0 Å². The van der Waals surface area contributed by atoms with Crippen molar-refractivity contribution in [3.05, 3.63) is 41.7 Å². The van der Waals surface area contributed by atoms with Crippen LogP contribution in [0, 0.1) is 12.8 Å². The van der Waals surface area contributed by atoms with Crippen molar-refractivity contribution >= 4 is 18.3 Å². The highest BCUT2D eigenvalue weighted by molar-refractivity contribution is 5.85. The Morgan fingerprint density at radius 2 is 2.12 bits per heavy atom. The lowest BCUT2D eigenvalue weighted by molar-refractivity contribution is -0.125. The number of hydrogen-bond donors (Lipinski definition) is 2. The van der Waals surface area contributed by atoms with E-state index in [0.29, 0.717) is 24.7 Å². The molecule has 3 rings (SSSR count). The van der Waals surface area contributed by atoms with Gasteiger partial charge in [-0.1, -0.05) is 36.8 Å². The molecule has 0 saturated heterocycles. The van der Waals surface area contributed by atoms with Crippen molar-refractivity contribution in [1.82, 2.24) is 25.5 Å². The van der Waals surface area contributed by atoms with Crippen LogP contribution in [0.3, 0.4) is 0 Å². The van der Waals surface area contributed by atoms with Gasteiger partial charge in [-0.15, -0.1) is 17.5 Å². The summed E-state index contributed by atoms with van der Waals surface area (Å²) in [6.45, 7) is 2.42. The first-order valence-electron chi connectivity index (χ1n) is 8.48. The van der Waals surface area contributed by atoms with Crippen LogP contribution in [0.1, 0.15) is 36.7 Å². The zero-order chi connectivity index (χ0) is 16.9. The molecule has 3 atom stereocenters. The van der Waals surface area contributed by atoms with Crippen molar-refractivity contribution in [1.29, 1.82) is 0 Å². The molecule has 25 heavy (non-hydrogen) atoms. The number of aryl methyl sites for hydroxylation is 1. The van der Waals surface area contributed by atoms with E-state index in [2.05, 4.69) is 20.8 Å². The molecule has 0 spiro atoms. The Hall–Kier alpha value is -1.99. The molecule has 136 valence electrons. The Kier molecular flexibility index (Phi) is 6.90. The van der Waals surface area contributed by atoms with Gasteiger partial charge in [-0.3, -0.25) is 4.79 Å². The Morgan fingerprint density at radius 1 is 1.36 bits per heavy atom. The second-order valence-electron chi connectivity index (χ2n) is 6.42. The number of carbonyl (C=O) groups is 1. The van der Waals surface area contributed by atoms with Crippen molar-refractivity contribution in [2.24, 2.45) is 11.7 Å². The second kappa shape index (κ2) is 8.92. The number of nitrogens with two attached hydrogens (primary N) is 1. The lowest BCUT2D eigenvalue weighted by Gasteiger charge is -2.23. The number of carbonyl (C=O) groups excluding carboxylic acids is 1. The lowest BCUT2D eigenvalue weighted by atomic mass is 10.0. The predicted molar refractivity (Wildman–Crippen MR) is 97.3 cm³/mol. The summed E-state index contributed by atoms with van der Waals surface area (Å²) in [5.41, 5.74) is 6.91. The van der Waals surface area contributed by atoms with Crippen molar-refractivity contribution in [2.45, 2.75) is 44.7 Å². The Morgan fingerprint density at radius 3 is 2.76 bits per heavy atom. The number of benzene rings is 1. The molecule has 1 aliphatic rings. The van der Waals surface area contributed by atoms with Gasteiger partial charge < -0.3 is 11.1 Å². The van der Waals surface area contributed by atoms with Gasteiger partial charge in [0.1, 0.15) is 11.9 Å². The first-order chi connectivity index (χ1) is 11.7. The average Bonchev–Trinajstić information content (AvgIpc) is 3.22. The standard InChI is InChI=1S/C17H24N6O.ClH/c1-12-20-21-22-23(12)16(10-13-6-3-2-4-7-13)17(24)19-15-9-5-8-14(15)11-18;/h2-4,6-7,14-16H,5,8-11,18H2,1H3,(H,19,24);1H. The number of amides is 1. The molecule has 1 aromatic carbocycles. The molecule has 1 fully saturated rings. The van der Waals surface area contributed by atoms with Crippen LogP contribution in [0.25, 0.3) is 0 Å². The van der Waals surface area contributed by atoms with Crippen LogP contribution < -0.4 is 11.1 Å². The smallest absolute Gasteiger partial charge is 0.245 e. The minimum absolute atomic E-state index is 0. The Labute approximate surface area is 153 Å². The van der Waals surface area contributed by atoms with E-state index in [9.17, 15) is 4.79 Å². The number of halogens is 1. The minimum Gasteiger partial charge on any atom is -0.351 e. The van der Waals surface area contributed by atoms with Gasteiger partial charge in [0.15, 0.2) is 0 Å². The number of nitrogens with one attached hydrogen (secondary N) is 1. The van der Waals surface area contributed by atoms with Crippen LogP contribution in [0.2, 0.25) is 0 Å². The first-order valence-corrected chi connectivity index (χ1v) is 8.48. The maximum Gasteiger partial charge on any atom is 0.245 e. The highest BCUT2D eigenvalue weighted by Crippen LogP contribution is 2.25. The molecule has 1 aromatic heterocycles. The molecular formula is C17H25ClN6O. The van der Waals surface area contributed by atoms with Crippen molar-refractivity contribution in [2.75, 3.05) is 6.54 Å². The van der Waals surface area contributed by atoms with Crippen molar-refractivity contribution in [3.8, 4) is 0 Å². The van der Waals surface area contributed by atoms with Crippen molar-refractivity contribution in [3.63, 3.8) is 0 Å². The summed E-state index contributed by atoms with van der Waals surface area (Å²) in [6, 6.07) is 9.62. The van der Waals surface area contributed by atoms with Crippen LogP contribution in [-0.2, 0) is 11.2 Å². The van der Waals surface area contributed by atoms with Gasteiger partial charge in [-0.05, 0) is 48.2 Å². The van der Waals surface area contributed by atoms with E-state index in [1.165, 1.54) is 0 Å². The summed E-state index contributed by atoms with van der Waals surface area (Å²) in [5.74, 6) is 0.953. The fourth-order valence-electron chi connectivity index (χ4n) is 3.44. The molecule has 0 bridgehead atoms. The van der Waals surface area contributed by atoms with Gasteiger partial charge in [0.05, 0.1) is 0 Å². The number of rotatable bonds is 6. The van der Waals surface area contributed by atoms with Gasteiger partial charge in [0.2, 0.25) is 5.91 Å². The number of hydrogen-bond acceptors (Lipinski definition) is 5. The van der Waals surface area contributed by atoms with E-state index in [4.69, 9.17) is 5.73 Å². The number of aromatic nitrogens is 4. The molecule has 2 aromatic rings. The highest BCUT2D eigenvalue weighted by atomic mass is 35.5. The van der Waals surface area contributed by atoms with Crippen LogP contribution in [0.5, 0.6) is 0 Å². The third-order valence-electron chi connectivity index (χ3n) is 4.82. The van der Waals surface area contributed by atoms with Gasteiger partial charge >= 0.3 is 0 Å². The summed E-state index contributed by atoms with van der Waals surface area (Å²) >= 11 is 0. The SMILES string of the molecule is Cc1nnnn1C(Cc1ccccc1)C(=O)NC1CCCC1CN.Cl. The summed E-state index contributed by atoms with van der Waals surface area (Å²) < 4.78 is 1.61. The fourth-order valence-corrected chi connectivity index (χ4v) is 3.44. The molecule has 1 amide bonds. The Bertz CT molecular complexity index is 677. The van der Waals surface area contributed by atoms with Crippen LogP contribution >= 0.6 is 12.4 Å². The van der Waals surface area contributed by atoms with Gasteiger partial charge in [-0.2, -0.15) is 0 Å². The molecular weight excluding hydrogens is 340 g/mol. The molecule has 0 aliphatic heterocycles. The quantitative estimate of drug-likeness (QED) is 0.807. The van der Waals surface area contributed by atoms with E-state index in [1.54, 1.807) is 4.68 Å². The van der Waals surface area contributed by atoms with Gasteiger partial charge in [0, 0.05) is 12.5 Å². The van der Waals surface area contributed by atoms with Crippen molar-refractivity contribution < 1.29 is 4.79 Å². The second-order valence-corrected chi connectivity index (χ2v) is 6.42. The largest absolute Gasteiger partial charge is 0.351 e. The van der Waals surface area contributed by atoms with Crippen LogP contribution in [-0.4, -0.2) is 38.7 Å². The number of nitrogens with zero attached hydrogens (tertiary/aromatic N) is 4. The fraction of sp³-hybridized carbons (Fsp3) is 0.529. The topological polar surface area (TPSA) is 98.7 Å². The average molecular weight is 365 g/mol. The Balaban J connectivity index is 0.00000225. The molecule has 7 nitrogen and oxygen atoms in total. The maximum absolute atomic E-state index is 12.9. The van der Waals surface area contributed by atoms with Gasteiger partial charge in [0.25, 0.3) is 0 Å². The highest BCUT2D eigenvalue weighted by Gasteiger charge is 2.31. The zero-order valence-corrected chi connectivity index (χ0v) is 15.2. The van der Waals surface area contributed by atoms with E-state index < -0.39 is 6.04 Å². The molecule has 1 aliphatic carbocycles. The molecule has 1 heterocycles. The molecule has 3 unspecified atom stereocenters. The van der Waals surface area contributed by atoms with E-state index in [0.717, 1.165) is 24.8 Å². The molecule has 3 N–H and O–H groups in total. The predicted octanol–water partition coefficient (Wildman–Crippen LogP) is 1.43. The van der Waals surface area contributed by atoms with Gasteiger partial charge in [-0.25, -0.2) is 4.68 Å². The van der Waals surface area contributed by atoms with E-state index >= 15 is 0 Å². The molecule has 0 radical (unpaired) electrons. The summed E-state index contributed by atoms with van der Waals surface area (Å²) in [4.78, 5) is 12.9. The number of tetrazole rings is 1. The molecule has 1 saturated carbocycles. The third kappa shape index (κ3) is 4.55. The third-order valence-corrected chi connectivity index (χ3v) is 4.82. The molecule has 8 heteroatoms. The normalized spacial score (nSPS) is 20.7. The maximum atomic E-state index is 12.9. The van der Waals surface area contributed by atoms with Crippen LogP contribution in [0.15, 0.2) is 30.3 Å².